The predicted molar refractivity (Wildman–Crippen MR) is 112 cm³/mol. The van der Waals surface area contributed by atoms with Gasteiger partial charge in [0.15, 0.2) is 0 Å². The van der Waals surface area contributed by atoms with Gasteiger partial charge in [-0.25, -0.2) is 9.36 Å². The molecule has 0 fully saturated rings. The maximum absolute atomic E-state index is 12.3. The molecule has 152 valence electrons. The lowest BCUT2D eigenvalue weighted by molar-refractivity contribution is -0.383. The third-order valence-corrected chi connectivity index (χ3v) is 4.91. The van der Waals surface area contributed by atoms with Crippen molar-refractivity contribution >= 4 is 22.7 Å². The number of aliphatic hydroxyl groups excluding tert-OH is 1. The second-order valence-corrected chi connectivity index (χ2v) is 8.05. The Kier molecular flexibility index (Phi) is 5.44. The topological polar surface area (TPSA) is 106 Å². The molecular weight excluding hydrogens is 372 g/mol. The van der Waals surface area contributed by atoms with Gasteiger partial charge in [-0.05, 0) is 41.0 Å². The van der Waals surface area contributed by atoms with Crippen molar-refractivity contribution in [2.75, 3.05) is 6.61 Å². The van der Waals surface area contributed by atoms with Gasteiger partial charge in [0.05, 0.1) is 10.6 Å². The summed E-state index contributed by atoms with van der Waals surface area (Å²) in [7, 11) is 0. The van der Waals surface area contributed by atoms with E-state index in [1.165, 1.54) is 6.07 Å². The Morgan fingerprint density at radius 2 is 1.83 bits per heavy atom. The number of aryl methyl sites for hydroxylation is 1. The zero-order valence-electron chi connectivity index (χ0n) is 16.7. The molecule has 0 radical (unpaired) electrons. The zero-order valence-corrected chi connectivity index (χ0v) is 16.7. The Labute approximate surface area is 168 Å². The van der Waals surface area contributed by atoms with Gasteiger partial charge in [0.2, 0.25) is 0 Å². The van der Waals surface area contributed by atoms with Crippen molar-refractivity contribution in [2.24, 2.45) is 0 Å². The number of nitrogens with zero attached hydrogens (tertiary/aromatic N) is 2. The van der Waals surface area contributed by atoms with Crippen LogP contribution in [-0.2, 0) is 11.8 Å². The third-order valence-electron chi connectivity index (χ3n) is 4.91. The molecule has 0 aliphatic rings. The molecule has 0 saturated heterocycles. The molecule has 7 nitrogen and oxygen atoms in total. The van der Waals surface area contributed by atoms with Gasteiger partial charge in [-0.15, -0.1) is 0 Å². The first-order chi connectivity index (χ1) is 13.7. The highest BCUT2D eigenvalue weighted by atomic mass is 16.6. The largest absolute Gasteiger partial charge is 0.464 e. The van der Waals surface area contributed by atoms with Crippen LogP contribution in [0.5, 0.6) is 0 Å². The van der Waals surface area contributed by atoms with Crippen LogP contribution in [0.4, 0.5) is 10.5 Å². The standard InChI is InChI=1S/C22H24N2O5/c1-22(2,3)18-16-12-14(8-7-11-25)13-17(24(28)29)20(16)23(21(26)27)19(18)15-9-5-4-6-10-15/h4-6,9-10,12-13,25H,7-8,11H2,1-3H3,(H,26,27). The maximum Gasteiger partial charge on any atom is 0.416 e. The predicted octanol–water partition coefficient (Wildman–Crippen LogP) is 4.97. The molecule has 7 heteroatoms. The van der Waals surface area contributed by atoms with Crippen LogP contribution in [-0.4, -0.2) is 32.4 Å². The molecule has 1 heterocycles. The van der Waals surface area contributed by atoms with E-state index in [4.69, 9.17) is 5.11 Å². The molecule has 0 atom stereocenters. The highest BCUT2D eigenvalue weighted by Crippen LogP contribution is 2.44. The van der Waals surface area contributed by atoms with Gasteiger partial charge < -0.3 is 10.2 Å². The Hall–Kier alpha value is -3.19. The first-order valence-corrected chi connectivity index (χ1v) is 9.42. The molecule has 1 aromatic heterocycles. The van der Waals surface area contributed by atoms with Crippen LogP contribution in [0, 0.1) is 10.1 Å². The maximum atomic E-state index is 12.3. The summed E-state index contributed by atoms with van der Waals surface area (Å²) in [6.07, 6.45) is -0.329. The number of carboxylic acid groups (broad SMARTS) is 1. The van der Waals surface area contributed by atoms with Crippen molar-refractivity contribution in [1.82, 2.24) is 4.57 Å². The molecule has 0 spiro atoms. The molecule has 0 saturated carbocycles. The van der Waals surface area contributed by atoms with E-state index in [9.17, 15) is 20.0 Å². The summed E-state index contributed by atoms with van der Waals surface area (Å²) in [6.45, 7) is 5.87. The molecule has 29 heavy (non-hydrogen) atoms. The molecule has 0 amide bonds. The molecule has 3 rings (SSSR count). The summed E-state index contributed by atoms with van der Waals surface area (Å²) in [4.78, 5) is 23.6. The van der Waals surface area contributed by atoms with Crippen molar-refractivity contribution in [3.63, 3.8) is 0 Å². The van der Waals surface area contributed by atoms with Crippen LogP contribution in [0.15, 0.2) is 42.5 Å². The van der Waals surface area contributed by atoms with Crippen molar-refractivity contribution < 1.29 is 19.9 Å². The molecule has 2 N–H and O–H groups in total. The van der Waals surface area contributed by atoms with Crippen LogP contribution < -0.4 is 0 Å². The lowest BCUT2D eigenvalue weighted by Crippen LogP contribution is -2.15. The molecule has 0 aliphatic carbocycles. The summed E-state index contributed by atoms with van der Waals surface area (Å²) in [5.41, 5.74) is 1.95. The summed E-state index contributed by atoms with van der Waals surface area (Å²) in [5.74, 6) is 0. The number of rotatable bonds is 5. The number of fused-ring (bicyclic) bond motifs is 1. The Morgan fingerprint density at radius 1 is 1.17 bits per heavy atom. The molecule has 3 aromatic rings. The first-order valence-electron chi connectivity index (χ1n) is 9.42. The fourth-order valence-electron chi connectivity index (χ4n) is 3.84. The number of non-ortho nitro benzene ring substituents is 1. The zero-order chi connectivity index (χ0) is 21.3. The fraction of sp³-hybridized carbons (Fsp3) is 0.318. The molecule has 0 unspecified atom stereocenters. The number of nitro groups is 1. The van der Waals surface area contributed by atoms with E-state index in [1.807, 2.05) is 45.0 Å². The summed E-state index contributed by atoms with van der Waals surface area (Å²) in [5, 5.41) is 31.6. The van der Waals surface area contributed by atoms with Gasteiger partial charge in [0, 0.05) is 18.1 Å². The van der Waals surface area contributed by atoms with E-state index >= 15 is 0 Å². The smallest absolute Gasteiger partial charge is 0.416 e. The van der Waals surface area contributed by atoms with Crippen molar-refractivity contribution in [1.29, 1.82) is 0 Å². The normalized spacial score (nSPS) is 11.7. The number of hydrogen-bond acceptors (Lipinski definition) is 4. The number of carbonyl (C=O) groups is 1. The number of benzene rings is 2. The van der Waals surface area contributed by atoms with E-state index < -0.39 is 16.4 Å². The van der Waals surface area contributed by atoms with Crippen LogP contribution in [0.2, 0.25) is 0 Å². The van der Waals surface area contributed by atoms with Gasteiger partial charge in [-0.3, -0.25) is 10.1 Å². The SMILES string of the molecule is CC(C)(C)c1c(-c2ccccc2)n(C(=O)O)c2c([N+](=O)[O-])cc(CCCO)cc12. The van der Waals surface area contributed by atoms with Gasteiger partial charge in [0.1, 0.15) is 5.52 Å². The highest BCUT2D eigenvalue weighted by Gasteiger charge is 2.33. The van der Waals surface area contributed by atoms with E-state index in [2.05, 4.69) is 0 Å². The summed E-state index contributed by atoms with van der Waals surface area (Å²) >= 11 is 0. The van der Waals surface area contributed by atoms with Crippen molar-refractivity contribution in [2.45, 2.75) is 39.0 Å². The summed E-state index contributed by atoms with van der Waals surface area (Å²) < 4.78 is 1.04. The Balaban J connectivity index is 2.55. The van der Waals surface area contributed by atoms with Crippen molar-refractivity contribution in [3.05, 3.63) is 63.7 Å². The third kappa shape index (κ3) is 3.73. The number of aliphatic hydroxyl groups is 1. The second-order valence-electron chi connectivity index (χ2n) is 8.05. The average molecular weight is 396 g/mol. The first kappa shape index (κ1) is 20.5. The number of aromatic nitrogens is 1. The second kappa shape index (κ2) is 7.67. The summed E-state index contributed by atoms with van der Waals surface area (Å²) in [6, 6.07) is 12.3. The lowest BCUT2D eigenvalue weighted by atomic mass is 9.83. The minimum absolute atomic E-state index is 0.0244. The molecule has 0 aliphatic heterocycles. The van der Waals surface area contributed by atoms with Crippen LogP contribution in [0.1, 0.15) is 38.3 Å². The van der Waals surface area contributed by atoms with E-state index in [1.54, 1.807) is 12.1 Å². The lowest BCUT2D eigenvalue weighted by Gasteiger charge is -2.21. The quantitative estimate of drug-likeness (QED) is 0.468. The fourth-order valence-corrected chi connectivity index (χ4v) is 3.84. The van der Waals surface area contributed by atoms with Crippen LogP contribution in [0.3, 0.4) is 0 Å². The van der Waals surface area contributed by atoms with E-state index in [0.29, 0.717) is 35.0 Å². The van der Waals surface area contributed by atoms with Crippen molar-refractivity contribution in [3.8, 4) is 11.3 Å². The minimum Gasteiger partial charge on any atom is -0.464 e. The minimum atomic E-state index is -1.27. The number of nitro benzene ring substituents is 1. The van der Waals surface area contributed by atoms with E-state index in [-0.39, 0.29) is 17.8 Å². The Morgan fingerprint density at radius 3 is 2.34 bits per heavy atom. The van der Waals surface area contributed by atoms with Crippen LogP contribution in [0.25, 0.3) is 22.2 Å². The molecular formula is C22H24N2O5. The monoisotopic (exact) mass is 396 g/mol. The average Bonchev–Trinajstić information content (AvgIpc) is 3.01. The van der Waals surface area contributed by atoms with Gasteiger partial charge >= 0.3 is 6.09 Å². The van der Waals surface area contributed by atoms with E-state index in [0.717, 1.165) is 10.1 Å². The number of hydrogen-bond donors (Lipinski definition) is 2. The van der Waals surface area contributed by atoms with Gasteiger partial charge in [0.25, 0.3) is 5.69 Å². The highest BCUT2D eigenvalue weighted by molar-refractivity contribution is 6.04. The van der Waals surface area contributed by atoms with Gasteiger partial charge in [-0.1, -0.05) is 51.1 Å². The Bertz CT molecular complexity index is 1080. The molecule has 0 bridgehead atoms. The molecule has 2 aromatic carbocycles. The van der Waals surface area contributed by atoms with Gasteiger partial charge in [-0.2, -0.15) is 0 Å². The van der Waals surface area contributed by atoms with Crippen LogP contribution >= 0.6 is 0 Å².